The van der Waals surface area contributed by atoms with E-state index in [0.717, 1.165) is 17.3 Å². The number of fused-ring (bicyclic) bond motifs is 1. The molecule has 2 aliphatic heterocycles. The second kappa shape index (κ2) is 4.98. The first kappa shape index (κ1) is 11.5. The van der Waals surface area contributed by atoms with Crippen LogP contribution in [0.25, 0.3) is 0 Å². The molecule has 18 heavy (non-hydrogen) atoms. The lowest BCUT2D eigenvalue weighted by Crippen LogP contribution is -2.25. The van der Waals surface area contributed by atoms with Gasteiger partial charge >= 0.3 is 0 Å². The average molecular weight is 259 g/mol. The molecule has 0 saturated heterocycles. The van der Waals surface area contributed by atoms with Crippen molar-refractivity contribution in [2.24, 2.45) is 4.99 Å². The maximum absolute atomic E-state index is 11.9. The maximum Gasteiger partial charge on any atom is 0.170 e. The van der Waals surface area contributed by atoms with Gasteiger partial charge in [-0.1, -0.05) is 12.1 Å². The number of para-hydroxylation sites is 1. The summed E-state index contributed by atoms with van der Waals surface area (Å²) < 4.78 is 5.79. The van der Waals surface area contributed by atoms with E-state index in [1.54, 1.807) is 11.8 Å². The zero-order valence-electron chi connectivity index (χ0n) is 9.83. The van der Waals surface area contributed by atoms with Crippen molar-refractivity contribution in [2.45, 2.75) is 12.5 Å². The molecule has 0 aromatic heterocycles. The van der Waals surface area contributed by atoms with Crippen LogP contribution in [0.4, 0.5) is 0 Å². The van der Waals surface area contributed by atoms with Crippen LogP contribution in [-0.4, -0.2) is 29.2 Å². The fourth-order valence-electron chi connectivity index (χ4n) is 2.05. The molecule has 1 aromatic carbocycles. The van der Waals surface area contributed by atoms with Crippen LogP contribution in [0.15, 0.2) is 41.4 Å². The Morgan fingerprint density at radius 3 is 3.11 bits per heavy atom. The van der Waals surface area contributed by atoms with Crippen LogP contribution < -0.4 is 4.74 Å². The van der Waals surface area contributed by atoms with Gasteiger partial charge in [0.05, 0.1) is 17.0 Å². The highest BCUT2D eigenvalue weighted by molar-refractivity contribution is 8.14. The normalized spacial score (nSPS) is 22.8. The number of rotatable bonds is 2. The first-order valence-electron chi connectivity index (χ1n) is 5.97. The van der Waals surface area contributed by atoms with E-state index >= 15 is 0 Å². The highest BCUT2D eigenvalue weighted by Crippen LogP contribution is 2.27. The number of hydrogen-bond donors (Lipinski definition) is 0. The second-order valence-electron chi connectivity index (χ2n) is 4.21. The van der Waals surface area contributed by atoms with Crippen LogP contribution in [-0.2, 0) is 0 Å². The molecule has 0 radical (unpaired) electrons. The van der Waals surface area contributed by atoms with Crippen LogP contribution >= 0.6 is 11.8 Å². The Kier molecular flexibility index (Phi) is 3.19. The van der Waals surface area contributed by atoms with Gasteiger partial charge in [0, 0.05) is 12.3 Å². The summed E-state index contributed by atoms with van der Waals surface area (Å²) >= 11 is 1.74. The van der Waals surface area contributed by atoms with Crippen molar-refractivity contribution in [3.8, 4) is 5.75 Å². The molecule has 0 N–H and O–H groups in total. The van der Waals surface area contributed by atoms with Crippen LogP contribution in [0.2, 0.25) is 0 Å². The molecule has 2 heterocycles. The molecular formula is C14H13NO2S. The maximum atomic E-state index is 11.9. The topological polar surface area (TPSA) is 38.7 Å². The van der Waals surface area contributed by atoms with Crippen molar-refractivity contribution in [1.29, 1.82) is 0 Å². The lowest BCUT2D eigenvalue weighted by molar-refractivity contribution is 0.0894. The smallest absolute Gasteiger partial charge is 0.170 e. The predicted molar refractivity (Wildman–Crippen MR) is 73.7 cm³/mol. The number of Topliss-reactive ketones (excluding diaryl/α,β-unsaturated/α-hetero) is 1. The van der Waals surface area contributed by atoms with Gasteiger partial charge < -0.3 is 4.74 Å². The highest BCUT2D eigenvalue weighted by Gasteiger charge is 2.24. The number of carbonyl (C=O) groups excluding carboxylic acids is 1. The third-order valence-electron chi connectivity index (χ3n) is 2.91. The third-order valence-corrected chi connectivity index (χ3v) is 3.86. The third kappa shape index (κ3) is 2.34. The summed E-state index contributed by atoms with van der Waals surface area (Å²) in [5.41, 5.74) is 0.690. The van der Waals surface area contributed by atoms with Gasteiger partial charge in [0.2, 0.25) is 0 Å². The molecule has 1 atom stereocenters. The van der Waals surface area contributed by atoms with E-state index in [1.165, 1.54) is 0 Å². The molecule has 2 aliphatic rings. The monoisotopic (exact) mass is 259 g/mol. The molecule has 0 aliphatic carbocycles. The molecule has 0 amide bonds. The van der Waals surface area contributed by atoms with E-state index in [9.17, 15) is 4.79 Å². The van der Waals surface area contributed by atoms with Crippen molar-refractivity contribution >= 4 is 22.6 Å². The van der Waals surface area contributed by atoms with Crippen LogP contribution in [0.1, 0.15) is 16.8 Å². The lowest BCUT2D eigenvalue weighted by atomic mass is 10.0. The van der Waals surface area contributed by atoms with Crippen LogP contribution in [0.5, 0.6) is 5.75 Å². The van der Waals surface area contributed by atoms with Gasteiger partial charge in [0.15, 0.2) is 5.78 Å². The molecule has 3 rings (SSSR count). The number of nitrogens with zero attached hydrogens (tertiary/aromatic N) is 1. The van der Waals surface area contributed by atoms with E-state index in [1.807, 2.05) is 36.4 Å². The van der Waals surface area contributed by atoms with Crippen molar-refractivity contribution in [1.82, 2.24) is 0 Å². The lowest BCUT2D eigenvalue weighted by Gasteiger charge is -2.22. The number of benzene rings is 1. The Balaban J connectivity index is 1.75. The van der Waals surface area contributed by atoms with Gasteiger partial charge in [-0.2, -0.15) is 0 Å². The average Bonchev–Trinajstić information content (AvgIpc) is 2.90. The Morgan fingerprint density at radius 2 is 2.28 bits per heavy atom. The molecule has 92 valence electrons. The number of carbonyl (C=O) groups is 1. The number of ketones is 1. The Morgan fingerprint density at radius 1 is 1.39 bits per heavy atom. The van der Waals surface area contributed by atoms with Crippen LogP contribution in [0.3, 0.4) is 0 Å². The SMILES string of the molecule is O=C1CC(/C=C/C2=NCCS2)Oc2ccccc21. The first-order chi connectivity index (χ1) is 8.83. The van der Waals surface area contributed by atoms with Crippen molar-refractivity contribution in [3.63, 3.8) is 0 Å². The van der Waals surface area contributed by atoms with Gasteiger partial charge in [-0.25, -0.2) is 0 Å². The highest BCUT2D eigenvalue weighted by atomic mass is 32.2. The van der Waals surface area contributed by atoms with Crippen molar-refractivity contribution in [3.05, 3.63) is 42.0 Å². The number of ether oxygens (including phenoxy) is 1. The second-order valence-corrected chi connectivity index (χ2v) is 5.32. The summed E-state index contributed by atoms with van der Waals surface area (Å²) in [6.07, 6.45) is 4.14. The molecular weight excluding hydrogens is 246 g/mol. The minimum atomic E-state index is -0.170. The van der Waals surface area contributed by atoms with Gasteiger partial charge in [-0.15, -0.1) is 11.8 Å². The Bertz CT molecular complexity index is 536. The molecule has 0 saturated carbocycles. The minimum Gasteiger partial charge on any atom is -0.485 e. The van der Waals surface area contributed by atoms with E-state index in [-0.39, 0.29) is 11.9 Å². The van der Waals surface area contributed by atoms with Gasteiger partial charge in [-0.3, -0.25) is 9.79 Å². The summed E-state index contributed by atoms with van der Waals surface area (Å²) in [5, 5.41) is 1.03. The summed E-state index contributed by atoms with van der Waals surface area (Å²) in [7, 11) is 0. The minimum absolute atomic E-state index is 0.146. The predicted octanol–water partition coefficient (Wildman–Crippen LogP) is 2.72. The molecule has 0 spiro atoms. The van der Waals surface area contributed by atoms with E-state index in [0.29, 0.717) is 17.7 Å². The number of hydrogen-bond acceptors (Lipinski definition) is 4. The van der Waals surface area contributed by atoms with Gasteiger partial charge in [-0.05, 0) is 24.3 Å². The fraction of sp³-hybridized carbons (Fsp3) is 0.286. The number of thioether (sulfide) groups is 1. The van der Waals surface area contributed by atoms with Crippen molar-refractivity contribution in [2.75, 3.05) is 12.3 Å². The van der Waals surface area contributed by atoms with Crippen molar-refractivity contribution < 1.29 is 9.53 Å². The Labute approximate surface area is 110 Å². The molecule has 1 unspecified atom stereocenters. The van der Waals surface area contributed by atoms with E-state index in [4.69, 9.17) is 4.74 Å². The Hall–Kier alpha value is -1.55. The molecule has 1 aromatic rings. The number of aliphatic imine (C=N–C) groups is 1. The van der Waals surface area contributed by atoms with E-state index < -0.39 is 0 Å². The zero-order chi connectivity index (χ0) is 12.4. The first-order valence-corrected chi connectivity index (χ1v) is 6.96. The molecule has 4 heteroatoms. The summed E-state index contributed by atoms with van der Waals surface area (Å²) in [5.74, 6) is 1.88. The molecule has 0 bridgehead atoms. The fourth-order valence-corrected chi connectivity index (χ4v) is 2.80. The quantitative estimate of drug-likeness (QED) is 0.819. The zero-order valence-corrected chi connectivity index (χ0v) is 10.7. The summed E-state index contributed by atoms with van der Waals surface area (Å²) in [6.45, 7) is 0.887. The molecule has 0 fully saturated rings. The summed E-state index contributed by atoms with van der Waals surface area (Å²) in [4.78, 5) is 16.3. The molecule has 3 nitrogen and oxygen atoms in total. The summed E-state index contributed by atoms with van der Waals surface area (Å²) in [6, 6.07) is 7.40. The van der Waals surface area contributed by atoms with E-state index in [2.05, 4.69) is 4.99 Å². The largest absolute Gasteiger partial charge is 0.485 e. The van der Waals surface area contributed by atoms with Crippen LogP contribution in [0, 0.1) is 0 Å². The van der Waals surface area contributed by atoms with Gasteiger partial charge in [0.1, 0.15) is 11.9 Å². The van der Waals surface area contributed by atoms with Gasteiger partial charge in [0.25, 0.3) is 0 Å². The standard InChI is InChI=1S/C14H13NO2S/c16-12-9-10(5-6-14-15-7-8-18-14)17-13-4-2-1-3-11(12)13/h1-6,10H,7-9H2/b6-5+.